The molecule has 0 radical (unpaired) electrons. The number of rotatable bonds is 5. The third-order valence-corrected chi connectivity index (χ3v) is 1.39. The van der Waals surface area contributed by atoms with Crippen LogP contribution in [0.3, 0.4) is 0 Å². The summed E-state index contributed by atoms with van der Waals surface area (Å²) in [5.41, 5.74) is 0. The van der Waals surface area contributed by atoms with E-state index in [1.54, 1.807) is 7.11 Å². The van der Waals surface area contributed by atoms with Crippen molar-refractivity contribution >= 4 is 0 Å². The third kappa shape index (κ3) is 3.13. The highest BCUT2D eigenvalue weighted by atomic mass is 16.5. The minimum absolute atomic E-state index is 0.709. The van der Waals surface area contributed by atoms with E-state index >= 15 is 0 Å². The Balaban J connectivity index is 2.04. The highest BCUT2D eigenvalue weighted by Crippen LogP contribution is 1.99. The van der Waals surface area contributed by atoms with Crippen LogP contribution in [0.15, 0.2) is 10.8 Å². The van der Waals surface area contributed by atoms with Crippen LogP contribution >= 0.6 is 0 Å². The molecule has 1 rings (SSSR count). The Morgan fingerprint density at radius 3 is 3.09 bits per heavy atom. The highest BCUT2D eigenvalue weighted by Gasteiger charge is 1.96. The molecular weight excluding hydrogens is 144 g/mol. The van der Waals surface area contributed by atoms with Crippen molar-refractivity contribution in [1.82, 2.24) is 10.2 Å². The van der Waals surface area contributed by atoms with E-state index in [1.807, 2.05) is 0 Å². The highest BCUT2D eigenvalue weighted by molar-refractivity contribution is 4.71. The summed E-state index contributed by atoms with van der Waals surface area (Å²) in [5, 5.41) is 7.33. The predicted molar refractivity (Wildman–Crippen MR) is 39.1 cm³/mol. The van der Waals surface area contributed by atoms with Gasteiger partial charge in [0.2, 0.25) is 12.3 Å². The molecule has 62 valence electrons. The van der Waals surface area contributed by atoms with Crippen molar-refractivity contribution in [2.75, 3.05) is 13.7 Å². The van der Waals surface area contributed by atoms with Crippen molar-refractivity contribution in [3.63, 3.8) is 0 Å². The van der Waals surface area contributed by atoms with Gasteiger partial charge < -0.3 is 9.15 Å². The summed E-state index contributed by atoms with van der Waals surface area (Å²) in [4.78, 5) is 0. The monoisotopic (exact) mass is 156 g/mol. The smallest absolute Gasteiger partial charge is 0.216 e. The molecule has 0 amide bonds. The number of unbranched alkanes of at least 4 members (excludes halogenated alkanes) is 1. The fourth-order valence-electron chi connectivity index (χ4n) is 0.827. The van der Waals surface area contributed by atoms with Gasteiger partial charge in [-0.2, -0.15) is 0 Å². The van der Waals surface area contributed by atoms with Crippen LogP contribution in [0.1, 0.15) is 18.7 Å². The lowest BCUT2D eigenvalue weighted by Crippen LogP contribution is -1.91. The normalized spacial score (nSPS) is 10.3. The molecule has 0 spiro atoms. The lowest BCUT2D eigenvalue weighted by molar-refractivity contribution is 0.192. The molecule has 11 heavy (non-hydrogen) atoms. The molecule has 1 aromatic rings. The first-order valence-corrected chi connectivity index (χ1v) is 3.67. The van der Waals surface area contributed by atoms with E-state index in [9.17, 15) is 0 Å². The second kappa shape index (κ2) is 4.85. The quantitative estimate of drug-likeness (QED) is 0.597. The molecule has 0 aliphatic heterocycles. The van der Waals surface area contributed by atoms with Crippen molar-refractivity contribution in [3.05, 3.63) is 12.3 Å². The van der Waals surface area contributed by atoms with E-state index in [2.05, 4.69) is 10.2 Å². The van der Waals surface area contributed by atoms with E-state index in [0.29, 0.717) is 5.89 Å². The Morgan fingerprint density at radius 1 is 1.55 bits per heavy atom. The molecule has 0 bridgehead atoms. The SMILES string of the molecule is COCCCCc1nnco1. The maximum absolute atomic E-state index is 4.95. The van der Waals surface area contributed by atoms with Gasteiger partial charge in [-0.1, -0.05) is 0 Å². The summed E-state index contributed by atoms with van der Waals surface area (Å²) in [6, 6.07) is 0. The van der Waals surface area contributed by atoms with Gasteiger partial charge in [-0.25, -0.2) is 0 Å². The van der Waals surface area contributed by atoms with Crippen molar-refractivity contribution in [3.8, 4) is 0 Å². The minimum Gasteiger partial charge on any atom is -0.428 e. The molecule has 0 saturated heterocycles. The molecule has 4 nitrogen and oxygen atoms in total. The number of nitrogens with zero attached hydrogens (tertiary/aromatic N) is 2. The second-order valence-electron chi connectivity index (χ2n) is 2.28. The van der Waals surface area contributed by atoms with Gasteiger partial charge in [-0.05, 0) is 12.8 Å². The van der Waals surface area contributed by atoms with Gasteiger partial charge in [-0.3, -0.25) is 0 Å². The van der Waals surface area contributed by atoms with Crippen molar-refractivity contribution in [2.24, 2.45) is 0 Å². The van der Waals surface area contributed by atoms with E-state index in [0.717, 1.165) is 25.9 Å². The summed E-state index contributed by atoms with van der Waals surface area (Å²) < 4.78 is 9.85. The van der Waals surface area contributed by atoms with Crippen molar-refractivity contribution in [1.29, 1.82) is 0 Å². The van der Waals surface area contributed by atoms with Gasteiger partial charge in [-0.15, -0.1) is 10.2 Å². The van der Waals surface area contributed by atoms with E-state index in [4.69, 9.17) is 9.15 Å². The zero-order chi connectivity index (χ0) is 7.94. The molecule has 1 aromatic heterocycles. The lowest BCUT2D eigenvalue weighted by atomic mass is 10.2. The molecule has 0 fully saturated rings. The van der Waals surface area contributed by atoms with Gasteiger partial charge in [0.25, 0.3) is 0 Å². The first-order chi connectivity index (χ1) is 5.43. The molecule has 0 N–H and O–H groups in total. The molecule has 0 unspecified atom stereocenters. The molecule has 4 heteroatoms. The van der Waals surface area contributed by atoms with Crippen LogP contribution in [-0.2, 0) is 11.2 Å². The lowest BCUT2D eigenvalue weighted by Gasteiger charge is -1.95. The fourth-order valence-corrected chi connectivity index (χ4v) is 0.827. The maximum atomic E-state index is 4.95. The van der Waals surface area contributed by atoms with Crippen molar-refractivity contribution < 1.29 is 9.15 Å². The van der Waals surface area contributed by atoms with Crippen LogP contribution in [0, 0.1) is 0 Å². The van der Waals surface area contributed by atoms with Gasteiger partial charge in [0.1, 0.15) is 0 Å². The summed E-state index contributed by atoms with van der Waals surface area (Å²) in [5.74, 6) is 0.709. The zero-order valence-corrected chi connectivity index (χ0v) is 6.62. The fraction of sp³-hybridized carbons (Fsp3) is 0.714. The molecule has 1 heterocycles. The number of aromatic nitrogens is 2. The number of hydrogen-bond acceptors (Lipinski definition) is 4. The zero-order valence-electron chi connectivity index (χ0n) is 6.62. The summed E-state index contributed by atoms with van der Waals surface area (Å²) >= 11 is 0. The molecular formula is C7H12N2O2. The average molecular weight is 156 g/mol. The Hall–Kier alpha value is -0.900. The Labute approximate surface area is 65.6 Å². The Bertz CT molecular complexity index is 175. The Kier molecular flexibility index (Phi) is 3.61. The number of ether oxygens (including phenoxy) is 1. The average Bonchev–Trinajstić information content (AvgIpc) is 2.50. The largest absolute Gasteiger partial charge is 0.428 e. The molecule has 0 aliphatic carbocycles. The van der Waals surface area contributed by atoms with Crippen LogP contribution in [-0.4, -0.2) is 23.9 Å². The van der Waals surface area contributed by atoms with Gasteiger partial charge in [0.05, 0.1) is 0 Å². The summed E-state index contributed by atoms with van der Waals surface area (Å²) in [6.07, 6.45) is 4.28. The van der Waals surface area contributed by atoms with Crippen LogP contribution in [0.5, 0.6) is 0 Å². The molecule has 0 saturated carbocycles. The second-order valence-corrected chi connectivity index (χ2v) is 2.28. The van der Waals surface area contributed by atoms with Crippen LogP contribution in [0.2, 0.25) is 0 Å². The third-order valence-electron chi connectivity index (χ3n) is 1.39. The van der Waals surface area contributed by atoms with E-state index in [-0.39, 0.29) is 0 Å². The molecule has 0 aromatic carbocycles. The number of hydrogen-bond donors (Lipinski definition) is 0. The first kappa shape index (κ1) is 8.20. The number of methoxy groups -OCH3 is 1. The molecule has 0 atom stereocenters. The topological polar surface area (TPSA) is 48.2 Å². The van der Waals surface area contributed by atoms with Gasteiger partial charge in [0, 0.05) is 20.1 Å². The minimum atomic E-state index is 0.709. The van der Waals surface area contributed by atoms with Gasteiger partial charge >= 0.3 is 0 Å². The van der Waals surface area contributed by atoms with E-state index < -0.39 is 0 Å². The summed E-state index contributed by atoms with van der Waals surface area (Å²) in [7, 11) is 1.70. The Morgan fingerprint density at radius 2 is 2.45 bits per heavy atom. The standard InChI is InChI=1S/C7H12N2O2/c1-10-5-3-2-4-7-9-8-6-11-7/h6H,2-5H2,1H3. The predicted octanol–water partition coefficient (Wildman–Crippen LogP) is 1.04. The van der Waals surface area contributed by atoms with E-state index in [1.165, 1.54) is 6.39 Å². The first-order valence-electron chi connectivity index (χ1n) is 3.67. The number of aryl methyl sites for hydroxylation is 1. The van der Waals surface area contributed by atoms with Crippen LogP contribution in [0.25, 0.3) is 0 Å². The molecule has 0 aliphatic rings. The summed E-state index contributed by atoms with van der Waals surface area (Å²) in [6.45, 7) is 0.800. The van der Waals surface area contributed by atoms with Crippen LogP contribution in [0.4, 0.5) is 0 Å². The van der Waals surface area contributed by atoms with Gasteiger partial charge in [0.15, 0.2) is 0 Å². The maximum Gasteiger partial charge on any atom is 0.216 e. The van der Waals surface area contributed by atoms with Crippen LogP contribution < -0.4 is 0 Å². The van der Waals surface area contributed by atoms with Crippen molar-refractivity contribution in [2.45, 2.75) is 19.3 Å².